The summed E-state index contributed by atoms with van der Waals surface area (Å²) in [6.07, 6.45) is 1.60. The van der Waals surface area contributed by atoms with Gasteiger partial charge in [-0.15, -0.1) is 0 Å². The van der Waals surface area contributed by atoms with Gasteiger partial charge in [-0.1, -0.05) is 6.07 Å². The molecule has 0 bridgehead atoms. The molecule has 2 unspecified atom stereocenters. The lowest BCUT2D eigenvalue weighted by atomic mass is 10.1. The van der Waals surface area contributed by atoms with Gasteiger partial charge in [0.1, 0.15) is 5.75 Å². The molecule has 0 radical (unpaired) electrons. The van der Waals surface area contributed by atoms with Gasteiger partial charge in [0.15, 0.2) is 0 Å². The van der Waals surface area contributed by atoms with Gasteiger partial charge in [-0.2, -0.15) is 0 Å². The Balaban J connectivity index is 2.81. The smallest absolute Gasteiger partial charge is 0.253 e. The van der Waals surface area contributed by atoms with Crippen molar-refractivity contribution in [3.8, 4) is 5.75 Å². The molecule has 0 heterocycles. The van der Waals surface area contributed by atoms with Crippen LogP contribution < -0.4 is 15.8 Å². The number of carbonyl (C=O) groups is 1. The number of ether oxygens (including phenoxy) is 1. The summed E-state index contributed by atoms with van der Waals surface area (Å²) in [6, 6.07) is 4.85. The second kappa shape index (κ2) is 6.39. The van der Waals surface area contributed by atoms with Crippen molar-refractivity contribution in [3.63, 3.8) is 0 Å². The van der Waals surface area contributed by atoms with Gasteiger partial charge < -0.3 is 15.8 Å². The number of nitrogens with two attached hydrogens (primary N) is 1. The van der Waals surface area contributed by atoms with Crippen molar-refractivity contribution < 1.29 is 13.7 Å². The number of methoxy groups -OCH3 is 1. The van der Waals surface area contributed by atoms with E-state index in [1.807, 2.05) is 0 Å². The minimum Gasteiger partial charge on any atom is -0.495 e. The first-order chi connectivity index (χ1) is 8.45. The molecule has 1 amide bonds. The molecule has 0 aliphatic heterocycles. The Morgan fingerprint density at radius 3 is 2.78 bits per heavy atom. The summed E-state index contributed by atoms with van der Waals surface area (Å²) < 4.78 is 16.1. The first-order valence-electron chi connectivity index (χ1n) is 5.49. The van der Waals surface area contributed by atoms with Gasteiger partial charge in [0.2, 0.25) is 0 Å². The molecule has 2 atom stereocenters. The van der Waals surface area contributed by atoms with Crippen molar-refractivity contribution in [1.82, 2.24) is 5.32 Å². The van der Waals surface area contributed by atoms with E-state index in [1.54, 1.807) is 31.4 Å². The van der Waals surface area contributed by atoms with Crippen LogP contribution in [0.25, 0.3) is 0 Å². The molecule has 0 aliphatic rings. The monoisotopic (exact) mass is 270 g/mol. The molecule has 5 nitrogen and oxygen atoms in total. The van der Waals surface area contributed by atoms with Crippen LogP contribution in [-0.4, -0.2) is 35.3 Å². The van der Waals surface area contributed by atoms with Crippen LogP contribution >= 0.6 is 0 Å². The fraction of sp³-hybridized carbons (Fsp3) is 0.417. The third kappa shape index (κ3) is 3.73. The van der Waals surface area contributed by atoms with Gasteiger partial charge in [0.25, 0.3) is 5.91 Å². The highest BCUT2D eigenvalue weighted by Gasteiger charge is 2.15. The fourth-order valence-corrected chi connectivity index (χ4v) is 2.40. The molecule has 1 rings (SSSR count). The predicted molar refractivity (Wildman–Crippen MR) is 73.3 cm³/mol. The van der Waals surface area contributed by atoms with Crippen LogP contribution in [-0.2, 0) is 10.8 Å². The van der Waals surface area contributed by atoms with Crippen LogP contribution in [0, 0.1) is 0 Å². The highest BCUT2D eigenvalue weighted by Crippen LogP contribution is 2.24. The normalized spacial score (nSPS) is 13.7. The van der Waals surface area contributed by atoms with Gasteiger partial charge in [-0.3, -0.25) is 9.00 Å². The number of anilines is 1. The molecular formula is C12H18N2O3S. The molecule has 0 aliphatic carbocycles. The van der Waals surface area contributed by atoms with E-state index >= 15 is 0 Å². The van der Waals surface area contributed by atoms with Crippen molar-refractivity contribution in [1.29, 1.82) is 0 Å². The van der Waals surface area contributed by atoms with Crippen LogP contribution in [0.1, 0.15) is 17.3 Å². The maximum Gasteiger partial charge on any atom is 0.253 e. The van der Waals surface area contributed by atoms with Crippen LogP contribution in [0.15, 0.2) is 18.2 Å². The summed E-state index contributed by atoms with van der Waals surface area (Å²) in [5.41, 5.74) is 6.50. The third-order valence-electron chi connectivity index (χ3n) is 2.39. The molecule has 100 valence electrons. The first-order valence-corrected chi connectivity index (χ1v) is 7.21. The van der Waals surface area contributed by atoms with Crippen molar-refractivity contribution in [2.75, 3.05) is 24.9 Å². The number of rotatable bonds is 5. The van der Waals surface area contributed by atoms with E-state index in [2.05, 4.69) is 5.32 Å². The summed E-state index contributed by atoms with van der Waals surface area (Å²) in [4.78, 5) is 12.0. The number of nitrogens with one attached hydrogen (secondary N) is 1. The average molecular weight is 270 g/mol. The van der Waals surface area contributed by atoms with Crippen LogP contribution in [0.2, 0.25) is 0 Å². The number of nitrogen functional groups attached to an aromatic ring is 1. The van der Waals surface area contributed by atoms with E-state index in [-0.39, 0.29) is 11.9 Å². The van der Waals surface area contributed by atoms with Gasteiger partial charge in [-0.25, -0.2) is 0 Å². The Bertz CT molecular complexity index is 463. The van der Waals surface area contributed by atoms with Crippen molar-refractivity contribution >= 4 is 22.4 Å². The first kappa shape index (κ1) is 14.5. The maximum atomic E-state index is 12.0. The lowest BCUT2D eigenvalue weighted by Crippen LogP contribution is -2.36. The standard InChI is InChI=1S/C12H18N2O3S/c1-8(7-18(3)16)14-12(15)9-5-4-6-10(17-2)11(9)13/h4-6,8H,7,13H2,1-3H3,(H,14,15). The van der Waals surface area contributed by atoms with E-state index < -0.39 is 10.8 Å². The van der Waals surface area contributed by atoms with Gasteiger partial charge in [0.05, 0.1) is 18.4 Å². The van der Waals surface area contributed by atoms with Crippen LogP contribution in [0.4, 0.5) is 5.69 Å². The lowest BCUT2D eigenvalue weighted by Gasteiger charge is -2.14. The number of amides is 1. The van der Waals surface area contributed by atoms with E-state index in [9.17, 15) is 9.00 Å². The Labute approximate surface area is 109 Å². The highest BCUT2D eigenvalue weighted by atomic mass is 32.2. The largest absolute Gasteiger partial charge is 0.495 e. The van der Waals surface area contributed by atoms with E-state index in [4.69, 9.17) is 10.5 Å². The van der Waals surface area contributed by atoms with Crippen LogP contribution in [0.5, 0.6) is 5.75 Å². The molecule has 1 aromatic carbocycles. The molecular weight excluding hydrogens is 252 g/mol. The zero-order valence-electron chi connectivity index (χ0n) is 10.7. The lowest BCUT2D eigenvalue weighted by molar-refractivity contribution is 0.0944. The SMILES string of the molecule is COc1cccc(C(=O)NC(C)CS(C)=O)c1N. The van der Waals surface area contributed by atoms with Gasteiger partial charge >= 0.3 is 0 Å². The molecule has 6 heteroatoms. The van der Waals surface area contributed by atoms with E-state index in [1.165, 1.54) is 7.11 Å². The predicted octanol–water partition coefficient (Wildman–Crippen LogP) is 0.774. The minimum absolute atomic E-state index is 0.172. The molecule has 0 saturated carbocycles. The molecule has 18 heavy (non-hydrogen) atoms. The summed E-state index contributed by atoms with van der Waals surface area (Å²) in [5, 5.41) is 2.75. The van der Waals surface area contributed by atoms with Gasteiger partial charge in [0, 0.05) is 28.9 Å². The second-order valence-electron chi connectivity index (χ2n) is 4.04. The molecule has 0 fully saturated rings. The number of hydrogen-bond acceptors (Lipinski definition) is 4. The third-order valence-corrected chi connectivity index (χ3v) is 3.36. The number of benzene rings is 1. The topological polar surface area (TPSA) is 81.4 Å². The molecule has 3 N–H and O–H groups in total. The Morgan fingerprint density at radius 2 is 2.22 bits per heavy atom. The van der Waals surface area contributed by atoms with Crippen molar-refractivity contribution in [2.24, 2.45) is 0 Å². The Kier molecular flexibility index (Phi) is 5.15. The number of hydrogen-bond donors (Lipinski definition) is 2. The average Bonchev–Trinajstić information content (AvgIpc) is 2.27. The number of para-hydroxylation sites is 1. The van der Waals surface area contributed by atoms with E-state index in [0.717, 1.165) is 0 Å². The fourth-order valence-electron chi connectivity index (χ4n) is 1.62. The van der Waals surface area contributed by atoms with Crippen LogP contribution in [0.3, 0.4) is 0 Å². The Hall–Kier alpha value is -1.56. The van der Waals surface area contributed by atoms with Gasteiger partial charge in [-0.05, 0) is 19.1 Å². The van der Waals surface area contributed by atoms with Crippen molar-refractivity contribution in [3.05, 3.63) is 23.8 Å². The summed E-state index contributed by atoms with van der Waals surface area (Å²) in [7, 11) is 0.546. The van der Waals surface area contributed by atoms with Crippen molar-refractivity contribution in [2.45, 2.75) is 13.0 Å². The molecule has 0 saturated heterocycles. The zero-order chi connectivity index (χ0) is 13.7. The van der Waals surface area contributed by atoms with E-state index in [0.29, 0.717) is 22.8 Å². The quantitative estimate of drug-likeness (QED) is 0.775. The molecule has 1 aromatic rings. The highest BCUT2D eigenvalue weighted by molar-refractivity contribution is 7.84. The zero-order valence-corrected chi connectivity index (χ0v) is 11.5. The summed E-state index contributed by atoms with van der Waals surface area (Å²) in [5.74, 6) is 0.592. The minimum atomic E-state index is -0.950. The Morgan fingerprint density at radius 1 is 1.56 bits per heavy atom. The summed E-state index contributed by atoms with van der Waals surface area (Å²) in [6.45, 7) is 1.80. The molecule has 0 spiro atoms. The number of carbonyl (C=O) groups excluding carboxylic acids is 1. The molecule has 0 aromatic heterocycles. The maximum absolute atomic E-state index is 12.0. The summed E-state index contributed by atoms with van der Waals surface area (Å²) >= 11 is 0. The second-order valence-corrected chi connectivity index (χ2v) is 5.52.